The van der Waals surface area contributed by atoms with E-state index in [4.69, 9.17) is 0 Å². The fourth-order valence-corrected chi connectivity index (χ4v) is 2.23. The molecule has 0 bridgehead atoms. The van der Waals surface area contributed by atoms with Crippen LogP contribution in [0.4, 0.5) is 0 Å². The monoisotopic (exact) mass is 300 g/mol. The molecule has 17 heavy (non-hydrogen) atoms. The first kappa shape index (κ1) is 14.1. The Labute approximate surface area is 112 Å². The highest BCUT2D eigenvalue weighted by atomic mass is 79.9. The van der Waals surface area contributed by atoms with E-state index in [9.17, 15) is 0 Å². The number of aryl methyl sites for hydroxylation is 1. The molecule has 0 amide bonds. The zero-order valence-corrected chi connectivity index (χ0v) is 12.6. The van der Waals surface area contributed by atoms with E-state index >= 15 is 0 Å². The molecule has 1 heterocycles. The standard InChI is InChI=1S/C12H21BrN4/c1-5-6-15-12(14-2)17(4)9-11-7-10(13)8-16(11)3/h7-8H,5-6,9H2,1-4H3,(H,14,15). The predicted octanol–water partition coefficient (Wildman–Crippen LogP) is 2.20. The van der Waals surface area contributed by atoms with Gasteiger partial charge in [-0.25, -0.2) is 0 Å². The van der Waals surface area contributed by atoms with Gasteiger partial charge in [-0.05, 0) is 28.4 Å². The van der Waals surface area contributed by atoms with Gasteiger partial charge in [0.1, 0.15) is 0 Å². The summed E-state index contributed by atoms with van der Waals surface area (Å²) in [5, 5.41) is 3.32. The van der Waals surface area contributed by atoms with E-state index in [0.717, 1.165) is 29.9 Å². The van der Waals surface area contributed by atoms with Crippen LogP contribution < -0.4 is 5.32 Å². The minimum Gasteiger partial charge on any atom is -0.356 e. The Kier molecular flexibility index (Phi) is 5.55. The molecule has 0 saturated carbocycles. The molecule has 0 aliphatic heterocycles. The second-order valence-electron chi connectivity index (χ2n) is 4.09. The molecule has 1 N–H and O–H groups in total. The molecule has 1 rings (SSSR count). The summed E-state index contributed by atoms with van der Waals surface area (Å²) < 4.78 is 3.23. The quantitative estimate of drug-likeness (QED) is 0.683. The first-order valence-corrected chi connectivity index (χ1v) is 6.60. The fraction of sp³-hybridized carbons (Fsp3) is 0.583. The van der Waals surface area contributed by atoms with Crippen molar-refractivity contribution in [3.05, 3.63) is 22.4 Å². The van der Waals surface area contributed by atoms with Crippen LogP contribution in [0.1, 0.15) is 19.0 Å². The van der Waals surface area contributed by atoms with E-state index in [1.807, 2.05) is 14.1 Å². The molecule has 5 heteroatoms. The van der Waals surface area contributed by atoms with Gasteiger partial charge in [-0.2, -0.15) is 0 Å². The highest BCUT2D eigenvalue weighted by Crippen LogP contribution is 2.14. The lowest BCUT2D eigenvalue weighted by Crippen LogP contribution is -2.39. The third-order valence-corrected chi connectivity index (χ3v) is 3.01. The number of aliphatic imine (C=N–C) groups is 1. The summed E-state index contributed by atoms with van der Waals surface area (Å²) in [6.07, 6.45) is 3.16. The maximum Gasteiger partial charge on any atom is 0.193 e. The topological polar surface area (TPSA) is 32.6 Å². The Morgan fingerprint density at radius 3 is 2.76 bits per heavy atom. The molecule has 0 radical (unpaired) electrons. The molecule has 96 valence electrons. The highest BCUT2D eigenvalue weighted by molar-refractivity contribution is 9.10. The van der Waals surface area contributed by atoms with Gasteiger partial charge >= 0.3 is 0 Å². The van der Waals surface area contributed by atoms with Crippen molar-refractivity contribution in [1.82, 2.24) is 14.8 Å². The maximum atomic E-state index is 4.27. The molecule has 0 aliphatic carbocycles. The summed E-state index contributed by atoms with van der Waals surface area (Å²) in [4.78, 5) is 6.39. The smallest absolute Gasteiger partial charge is 0.193 e. The summed E-state index contributed by atoms with van der Waals surface area (Å²) >= 11 is 3.48. The molecule has 0 aliphatic rings. The minimum atomic E-state index is 0.839. The van der Waals surface area contributed by atoms with Crippen LogP contribution >= 0.6 is 15.9 Å². The first-order valence-electron chi connectivity index (χ1n) is 5.81. The molecule has 0 spiro atoms. The minimum absolute atomic E-state index is 0.839. The third kappa shape index (κ3) is 4.07. The number of nitrogens with zero attached hydrogens (tertiary/aromatic N) is 3. The molecule has 1 aromatic rings. The Morgan fingerprint density at radius 2 is 2.29 bits per heavy atom. The molecular weight excluding hydrogens is 280 g/mol. The SMILES string of the molecule is CCCNC(=NC)N(C)Cc1cc(Br)cn1C. The third-order valence-electron chi connectivity index (χ3n) is 2.58. The van der Waals surface area contributed by atoms with Crippen LogP contribution in [0.2, 0.25) is 0 Å². The highest BCUT2D eigenvalue weighted by Gasteiger charge is 2.08. The average molecular weight is 301 g/mol. The average Bonchev–Trinajstić information content (AvgIpc) is 2.58. The fourth-order valence-electron chi connectivity index (χ4n) is 1.66. The number of guanidine groups is 1. The van der Waals surface area contributed by atoms with Gasteiger partial charge < -0.3 is 14.8 Å². The molecule has 0 saturated heterocycles. The van der Waals surface area contributed by atoms with Crippen molar-refractivity contribution in [2.75, 3.05) is 20.6 Å². The Balaban J connectivity index is 2.64. The van der Waals surface area contributed by atoms with Crippen molar-refractivity contribution in [2.45, 2.75) is 19.9 Å². The Hall–Kier alpha value is -0.970. The van der Waals surface area contributed by atoms with Gasteiger partial charge in [-0.1, -0.05) is 6.92 Å². The summed E-state index contributed by atoms with van der Waals surface area (Å²) in [5.41, 5.74) is 1.25. The van der Waals surface area contributed by atoms with Gasteiger partial charge in [0.2, 0.25) is 0 Å². The van der Waals surface area contributed by atoms with E-state index in [-0.39, 0.29) is 0 Å². The molecular formula is C12H21BrN4. The molecule has 0 fully saturated rings. The lowest BCUT2D eigenvalue weighted by molar-refractivity contribution is 0.462. The molecule has 1 aromatic heterocycles. The van der Waals surface area contributed by atoms with Crippen LogP contribution in [0, 0.1) is 0 Å². The molecule has 4 nitrogen and oxygen atoms in total. The van der Waals surface area contributed by atoms with Gasteiger partial charge in [0, 0.05) is 44.1 Å². The number of aromatic nitrogens is 1. The van der Waals surface area contributed by atoms with Crippen LogP contribution in [-0.4, -0.2) is 36.1 Å². The van der Waals surface area contributed by atoms with E-state index in [2.05, 4.69) is 61.9 Å². The first-order chi connectivity index (χ1) is 8.08. The molecule has 0 unspecified atom stereocenters. The van der Waals surface area contributed by atoms with E-state index in [1.54, 1.807) is 0 Å². The van der Waals surface area contributed by atoms with Gasteiger partial charge in [0.15, 0.2) is 5.96 Å². The predicted molar refractivity (Wildman–Crippen MR) is 76.2 cm³/mol. The number of hydrogen-bond donors (Lipinski definition) is 1. The maximum absolute atomic E-state index is 4.27. The summed E-state index contributed by atoms with van der Waals surface area (Å²) in [6, 6.07) is 2.13. The van der Waals surface area contributed by atoms with Crippen LogP contribution in [0.3, 0.4) is 0 Å². The molecule has 0 aromatic carbocycles. The zero-order valence-electron chi connectivity index (χ0n) is 11.0. The lowest BCUT2D eigenvalue weighted by Gasteiger charge is -2.22. The summed E-state index contributed by atoms with van der Waals surface area (Å²) in [6.45, 7) is 3.94. The number of hydrogen-bond acceptors (Lipinski definition) is 1. The van der Waals surface area contributed by atoms with Crippen molar-refractivity contribution < 1.29 is 0 Å². The van der Waals surface area contributed by atoms with Crippen LogP contribution in [-0.2, 0) is 13.6 Å². The van der Waals surface area contributed by atoms with Crippen molar-refractivity contribution in [3.63, 3.8) is 0 Å². The Morgan fingerprint density at radius 1 is 1.59 bits per heavy atom. The number of rotatable bonds is 4. The Bertz CT molecular complexity index is 384. The zero-order chi connectivity index (χ0) is 12.8. The van der Waals surface area contributed by atoms with Crippen molar-refractivity contribution in [2.24, 2.45) is 12.0 Å². The second kappa shape index (κ2) is 6.69. The summed E-state index contributed by atoms with van der Waals surface area (Å²) in [5.74, 6) is 0.934. The van der Waals surface area contributed by atoms with E-state index in [1.165, 1.54) is 5.69 Å². The molecule has 0 atom stereocenters. The van der Waals surface area contributed by atoms with Crippen molar-refractivity contribution >= 4 is 21.9 Å². The largest absolute Gasteiger partial charge is 0.356 e. The van der Waals surface area contributed by atoms with E-state index in [0.29, 0.717) is 0 Å². The summed E-state index contributed by atoms with van der Waals surface area (Å²) in [7, 11) is 5.91. The van der Waals surface area contributed by atoms with Gasteiger partial charge in [-0.3, -0.25) is 4.99 Å². The van der Waals surface area contributed by atoms with Gasteiger partial charge in [-0.15, -0.1) is 0 Å². The van der Waals surface area contributed by atoms with Crippen LogP contribution in [0.5, 0.6) is 0 Å². The van der Waals surface area contributed by atoms with E-state index < -0.39 is 0 Å². The lowest BCUT2D eigenvalue weighted by atomic mass is 10.4. The second-order valence-corrected chi connectivity index (χ2v) is 5.01. The van der Waals surface area contributed by atoms with Gasteiger partial charge in [0.25, 0.3) is 0 Å². The van der Waals surface area contributed by atoms with Gasteiger partial charge in [0.05, 0.1) is 6.54 Å². The van der Waals surface area contributed by atoms with Crippen molar-refractivity contribution in [1.29, 1.82) is 0 Å². The van der Waals surface area contributed by atoms with Crippen LogP contribution in [0.25, 0.3) is 0 Å². The number of halogens is 1. The normalized spacial score (nSPS) is 11.7. The van der Waals surface area contributed by atoms with Crippen molar-refractivity contribution in [3.8, 4) is 0 Å². The number of nitrogens with one attached hydrogen (secondary N) is 1. The van der Waals surface area contributed by atoms with Crippen LogP contribution in [0.15, 0.2) is 21.7 Å².